The van der Waals surface area contributed by atoms with Crippen LogP contribution in [0.3, 0.4) is 0 Å². The van der Waals surface area contributed by atoms with Gasteiger partial charge >= 0.3 is 0 Å². The lowest BCUT2D eigenvalue weighted by atomic mass is 9.73. The van der Waals surface area contributed by atoms with Gasteiger partial charge in [-0.1, -0.05) is 55.4 Å². The number of hydrogen-bond acceptors (Lipinski definition) is 5. The van der Waals surface area contributed by atoms with Gasteiger partial charge in [-0.25, -0.2) is 4.68 Å². The molecule has 0 spiro atoms. The zero-order chi connectivity index (χ0) is 17.8. The van der Waals surface area contributed by atoms with Gasteiger partial charge in [0.25, 0.3) is 0 Å². The highest BCUT2D eigenvalue weighted by atomic mass is 32.2. The van der Waals surface area contributed by atoms with Gasteiger partial charge in [-0.15, -0.1) is 5.10 Å². The molecule has 0 saturated heterocycles. The number of aromatic nitrogens is 3. The van der Waals surface area contributed by atoms with Crippen molar-refractivity contribution < 1.29 is 4.79 Å². The number of nitrogens with zero attached hydrogens (tertiary/aromatic N) is 3. The number of Topliss-reactive ketones (excluding diaryl/α,β-unsaturated/α-hetero) is 1. The van der Waals surface area contributed by atoms with Crippen molar-refractivity contribution in [3.05, 3.63) is 46.7 Å². The van der Waals surface area contributed by atoms with Crippen LogP contribution in [0.2, 0.25) is 0 Å². The average Bonchev–Trinajstić information content (AvgIpc) is 2.95. The summed E-state index contributed by atoms with van der Waals surface area (Å²) < 4.78 is 1.87. The van der Waals surface area contributed by atoms with Crippen LogP contribution in [0.25, 0.3) is 0 Å². The summed E-state index contributed by atoms with van der Waals surface area (Å²) in [5.41, 5.74) is 4.08. The van der Waals surface area contributed by atoms with E-state index in [0.29, 0.717) is 11.6 Å². The molecule has 0 unspecified atom stereocenters. The van der Waals surface area contributed by atoms with Crippen LogP contribution in [0.15, 0.2) is 40.7 Å². The molecule has 1 aromatic heterocycles. The minimum absolute atomic E-state index is 0.0364. The van der Waals surface area contributed by atoms with E-state index < -0.39 is 0 Å². The molecule has 5 nitrogen and oxygen atoms in total. The van der Waals surface area contributed by atoms with Crippen molar-refractivity contribution in [2.24, 2.45) is 5.41 Å². The molecule has 1 aromatic carbocycles. The van der Waals surface area contributed by atoms with E-state index in [-0.39, 0.29) is 17.2 Å². The number of fused-ring (bicyclic) bond motifs is 1. The maximum absolute atomic E-state index is 13.0. The standard InChI is InChI=1S/C19H22N4OS/c1-11-5-7-12(8-6-11)16-15-13(9-19(2,3)10-14(15)24)20-17-21-18(25-4)22-23(16)17/h5-8,16H,9-10H2,1-4H3,(H,20,21,22)/t16-/m0/s1. The van der Waals surface area contributed by atoms with E-state index in [9.17, 15) is 4.79 Å². The van der Waals surface area contributed by atoms with Crippen molar-refractivity contribution in [3.8, 4) is 0 Å². The molecule has 1 N–H and O–H groups in total. The molecule has 0 saturated carbocycles. The number of ketones is 1. The lowest BCUT2D eigenvalue weighted by molar-refractivity contribution is -0.118. The second-order valence-electron chi connectivity index (χ2n) is 7.64. The molecule has 6 heteroatoms. The number of thioether (sulfide) groups is 1. The van der Waals surface area contributed by atoms with Crippen LogP contribution in [0.4, 0.5) is 5.95 Å². The van der Waals surface area contributed by atoms with Crippen LogP contribution in [0.5, 0.6) is 0 Å². The normalized spacial score (nSPS) is 21.6. The van der Waals surface area contributed by atoms with Crippen molar-refractivity contribution in [3.63, 3.8) is 0 Å². The summed E-state index contributed by atoms with van der Waals surface area (Å²) in [5.74, 6) is 0.926. The third kappa shape index (κ3) is 2.78. The molecule has 0 amide bonds. The quantitative estimate of drug-likeness (QED) is 0.827. The first kappa shape index (κ1) is 16.4. The highest BCUT2D eigenvalue weighted by Crippen LogP contribution is 2.45. The molecule has 1 aliphatic carbocycles. The summed E-state index contributed by atoms with van der Waals surface area (Å²) >= 11 is 1.51. The van der Waals surface area contributed by atoms with Gasteiger partial charge in [0.15, 0.2) is 5.78 Å². The van der Waals surface area contributed by atoms with Crippen molar-refractivity contribution in [1.82, 2.24) is 14.8 Å². The number of allylic oxidation sites excluding steroid dienone is 2. The second kappa shape index (κ2) is 5.73. The Bertz CT molecular complexity index is 879. The maximum Gasteiger partial charge on any atom is 0.227 e. The van der Waals surface area contributed by atoms with Crippen LogP contribution in [-0.2, 0) is 4.79 Å². The highest BCUT2D eigenvalue weighted by molar-refractivity contribution is 7.98. The number of carbonyl (C=O) groups is 1. The molecule has 130 valence electrons. The lowest BCUT2D eigenvalue weighted by Crippen LogP contribution is -2.36. The van der Waals surface area contributed by atoms with E-state index in [1.807, 2.05) is 10.9 Å². The topological polar surface area (TPSA) is 59.8 Å². The Balaban J connectivity index is 1.90. The molecule has 0 fully saturated rings. The molecule has 4 rings (SSSR count). The number of anilines is 1. The third-order valence-corrected chi connectivity index (χ3v) is 5.43. The van der Waals surface area contributed by atoms with Crippen LogP contribution in [0.1, 0.15) is 43.9 Å². The first-order valence-corrected chi connectivity index (χ1v) is 9.71. The Kier molecular flexibility index (Phi) is 3.76. The van der Waals surface area contributed by atoms with E-state index >= 15 is 0 Å². The van der Waals surface area contributed by atoms with Gasteiger partial charge in [0, 0.05) is 17.7 Å². The van der Waals surface area contributed by atoms with Gasteiger partial charge in [-0.05, 0) is 30.6 Å². The molecule has 0 bridgehead atoms. The highest BCUT2D eigenvalue weighted by Gasteiger charge is 2.41. The SMILES string of the molecule is CSc1nc2n(n1)[C@@H](c1ccc(C)cc1)C1=C(CC(C)(C)CC1=O)N2. The first-order valence-electron chi connectivity index (χ1n) is 8.48. The van der Waals surface area contributed by atoms with E-state index in [0.717, 1.165) is 29.2 Å². The fourth-order valence-corrected chi connectivity index (χ4v) is 4.08. The Morgan fingerprint density at radius 2 is 1.96 bits per heavy atom. The van der Waals surface area contributed by atoms with Gasteiger partial charge < -0.3 is 5.32 Å². The smallest absolute Gasteiger partial charge is 0.227 e. The van der Waals surface area contributed by atoms with Gasteiger partial charge in [-0.3, -0.25) is 4.79 Å². The first-order chi connectivity index (χ1) is 11.9. The number of benzene rings is 1. The van der Waals surface area contributed by atoms with Crippen LogP contribution in [-0.4, -0.2) is 26.8 Å². The molecule has 2 aliphatic rings. The zero-order valence-electron chi connectivity index (χ0n) is 15.0. The Hall–Kier alpha value is -2.08. The molecule has 1 aliphatic heterocycles. The van der Waals surface area contributed by atoms with Crippen molar-refractivity contribution >= 4 is 23.5 Å². The summed E-state index contributed by atoms with van der Waals surface area (Å²) in [6, 6.07) is 8.14. The van der Waals surface area contributed by atoms with E-state index in [1.165, 1.54) is 17.3 Å². The lowest BCUT2D eigenvalue weighted by Gasteiger charge is -2.38. The third-order valence-electron chi connectivity index (χ3n) is 4.89. The van der Waals surface area contributed by atoms with Gasteiger partial charge in [-0.2, -0.15) is 4.98 Å². The largest absolute Gasteiger partial charge is 0.328 e. The van der Waals surface area contributed by atoms with Crippen molar-refractivity contribution in [2.45, 2.75) is 44.8 Å². The summed E-state index contributed by atoms with van der Waals surface area (Å²) in [7, 11) is 0. The molecule has 0 radical (unpaired) electrons. The fraction of sp³-hybridized carbons (Fsp3) is 0.421. The minimum Gasteiger partial charge on any atom is -0.328 e. The van der Waals surface area contributed by atoms with E-state index in [1.54, 1.807) is 0 Å². The van der Waals surface area contributed by atoms with Crippen molar-refractivity contribution in [2.75, 3.05) is 11.6 Å². The zero-order valence-corrected chi connectivity index (χ0v) is 15.8. The summed E-state index contributed by atoms with van der Waals surface area (Å²) in [4.78, 5) is 17.6. The Labute approximate surface area is 151 Å². The predicted octanol–water partition coefficient (Wildman–Crippen LogP) is 3.97. The van der Waals surface area contributed by atoms with Crippen LogP contribution >= 0.6 is 11.8 Å². The molecule has 2 aromatic rings. The number of rotatable bonds is 2. The van der Waals surface area contributed by atoms with Crippen molar-refractivity contribution in [1.29, 1.82) is 0 Å². The Morgan fingerprint density at radius 1 is 1.24 bits per heavy atom. The molecular weight excluding hydrogens is 332 g/mol. The van der Waals surface area contributed by atoms with Gasteiger partial charge in [0.2, 0.25) is 11.1 Å². The predicted molar refractivity (Wildman–Crippen MR) is 99.8 cm³/mol. The molecular formula is C19H22N4OS. The summed E-state index contributed by atoms with van der Waals surface area (Å²) in [6.45, 7) is 6.35. The van der Waals surface area contributed by atoms with Crippen LogP contribution < -0.4 is 5.32 Å². The monoisotopic (exact) mass is 354 g/mol. The molecule has 1 atom stereocenters. The van der Waals surface area contributed by atoms with E-state index in [4.69, 9.17) is 0 Å². The maximum atomic E-state index is 13.0. The summed E-state index contributed by atoms with van der Waals surface area (Å²) in [5, 5.41) is 8.73. The fourth-order valence-electron chi connectivity index (χ4n) is 3.73. The molecule has 25 heavy (non-hydrogen) atoms. The average molecular weight is 354 g/mol. The number of hydrogen-bond donors (Lipinski definition) is 1. The Morgan fingerprint density at radius 3 is 2.64 bits per heavy atom. The number of aryl methyl sites for hydroxylation is 1. The second-order valence-corrected chi connectivity index (χ2v) is 8.41. The molecule has 2 heterocycles. The van der Waals surface area contributed by atoms with Gasteiger partial charge in [0.1, 0.15) is 6.04 Å². The number of carbonyl (C=O) groups excluding carboxylic acids is 1. The number of nitrogens with one attached hydrogen (secondary N) is 1. The van der Waals surface area contributed by atoms with E-state index in [2.05, 4.69) is 60.4 Å². The minimum atomic E-state index is -0.205. The van der Waals surface area contributed by atoms with Crippen LogP contribution in [0, 0.1) is 12.3 Å². The van der Waals surface area contributed by atoms with Gasteiger partial charge in [0.05, 0.1) is 0 Å². The summed E-state index contributed by atoms with van der Waals surface area (Å²) in [6.07, 6.45) is 3.37.